The van der Waals surface area contributed by atoms with E-state index in [9.17, 15) is 4.79 Å². The van der Waals surface area contributed by atoms with Gasteiger partial charge in [0.05, 0.1) is 12.1 Å². The van der Waals surface area contributed by atoms with Crippen LogP contribution in [-0.4, -0.2) is 12.1 Å². The maximum atomic E-state index is 11.0. The van der Waals surface area contributed by atoms with Crippen molar-refractivity contribution in [2.24, 2.45) is 0 Å². The molecule has 0 radical (unpaired) electrons. The summed E-state index contributed by atoms with van der Waals surface area (Å²) in [4.78, 5) is 11.0. The minimum Gasteiger partial charge on any atom is -0.333 e. The molecule has 1 saturated heterocycles. The molecule has 0 aromatic heterocycles. The zero-order chi connectivity index (χ0) is 9.26. The van der Waals surface area contributed by atoms with Crippen LogP contribution in [0.2, 0.25) is 0 Å². The number of hydrogen-bond donors (Lipinski definition) is 2. The first kappa shape index (κ1) is 8.10. The number of benzene rings is 1. The highest BCUT2D eigenvalue weighted by Gasteiger charge is 2.28. The molecular weight excluding hydrogens is 164 g/mol. The van der Waals surface area contributed by atoms with Gasteiger partial charge in [0.2, 0.25) is 0 Å². The summed E-state index contributed by atoms with van der Waals surface area (Å²) >= 11 is 0. The molecule has 0 bridgehead atoms. The molecule has 2 rings (SSSR count). The first-order valence-corrected chi connectivity index (χ1v) is 4.39. The van der Waals surface area contributed by atoms with Gasteiger partial charge in [-0.25, -0.2) is 4.79 Å². The van der Waals surface area contributed by atoms with Gasteiger partial charge in [0.15, 0.2) is 0 Å². The molecule has 0 saturated carbocycles. The molecule has 0 aliphatic carbocycles. The van der Waals surface area contributed by atoms with Crippen molar-refractivity contribution >= 4 is 6.03 Å². The van der Waals surface area contributed by atoms with Crippen molar-refractivity contribution < 1.29 is 4.79 Å². The summed E-state index contributed by atoms with van der Waals surface area (Å²) in [6, 6.07) is 10.2. The Kier molecular flexibility index (Phi) is 1.93. The molecule has 13 heavy (non-hydrogen) atoms. The number of rotatable bonds is 1. The average molecular weight is 176 g/mol. The van der Waals surface area contributed by atoms with Crippen LogP contribution in [0.4, 0.5) is 4.79 Å². The van der Waals surface area contributed by atoms with Crippen molar-refractivity contribution in [3.8, 4) is 0 Å². The Labute approximate surface area is 77.1 Å². The first-order chi connectivity index (χ1) is 6.27. The summed E-state index contributed by atoms with van der Waals surface area (Å²) in [6.45, 7) is 2.00. The Bertz CT molecular complexity index is 310. The quantitative estimate of drug-likeness (QED) is 0.667. The van der Waals surface area contributed by atoms with Gasteiger partial charge in [-0.2, -0.15) is 0 Å². The summed E-state index contributed by atoms with van der Waals surface area (Å²) in [5, 5.41) is 5.69. The van der Waals surface area contributed by atoms with E-state index in [2.05, 4.69) is 10.6 Å². The van der Waals surface area contributed by atoms with E-state index in [0.29, 0.717) is 0 Å². The second-order valence-corrected chi connectivity index (χ2v) is 3.29. The lowest BCUT2D eigenvalue weighted by molar-refractivity contribution is 0.247. The average Bonchev–Trinajstić information content (AvgIpc) is 2.47. The van der Waals surface area contributed by atoms with E-state index >= 15 is 0 Å². The summed E-state index contributed by atoms with van der Waals surface area (Å²) in [5.41, 5.74) is 1.15. The number of amides is 2. The predicted octanol–water partition coefficient (Wildman–Crippen LogP) is 1.43. The van der Waals surface area contributed by atoms with Gasteiger partial charge in [-0.1, -0.05) is 30.3 Å². The van der Waals surface area contributed by atoms with Gasteiger partial charge < -0.3 is 10.6 Å². The van der Waals surface area contributed by atoms with Crippen LogP contribution < -0.4 is 10.6 Å². The molecule has 2 atom stereocenters. The molecule has 0 unspecified atom stereocenters. The van der Waals surface area contributed by atoms with Crippen LogP contribution in [0, 0.1) is 0 Å². The third-order valence-corrected chi connectivity index (χ3v) is 2.30. The number of urea groups is 1. The molecule has 2 N–H and O–H groups in total. The highest BCUT2D eigenvalue weighted by molar-refractivity contribution is 5.77. The highest BCUT2D eigenvalue weighted by atomic mass is 16.2. The lowest BCUT2D eigenvalue weighted by atomic mass is 10.0. The van der Waals surface area contributed by atoms with Crippen molar-refractivity contribution in [2.45, 2.75) is 19.0 Å². The smallest absolute Gasteiger partial charge is 0.315 e. The molecule has 3 nitrogen and oxygen atoms in total. The Morgan fingerprint density at radius 3 is 2.38 bits per heavy atom. The zero-order valence-electron chi connectivity index (χ0n) is 7.45. The van der Waals surface area contributed by atoms with E-state index in [-0.39, 0.29) is 18.1 Å². The second-order valence-electron chi connectivity index (χ2n) is 3.29. The summed E-state index contributed by atoms with van der Waals surface area (Å²) in [6.07, 6.45) is 0. The molecule has 1 fully saturated rings. The van der Waals surface area contributed by atoms with Gasteiger partial charge in [-0.05, 0) is 12.5 Å². The fourth-order valence-corrected chi connectivity index (χ4v) is 1.63. The first-order valence-electron chi connectivity index (χ1n) is 4.39. The lowest BCUT2D eigenvalue weighted by Crippen LogP contribution is -2.23. The molecule has 1 aliphatic heterocycles. The Morgan fingerprint density at radius 1 is 1.15 bits per heavy atom. The summed E-state index contributed by atoms with van der Waals surface area (Å²) in [7, 11) is 0. The van der Waals surface area contributed by atoms with E-state index in [4.69, 9.17) is 0 Å². The minimum atomic E-state index is -0.0821. The SMILES string of the molecule is C[C@@H]1NC(=O)N[C@@H]1c1ccccc1. The van der Waals surface area contributed by atoms with Crippen molar-refractivity contribution in [1.29, 1.82) is 0 Å². The van der Waals surface area contributed by atoms with Crippen molar-refractivity contribution in [2.75, 3.05) is 0 Å². The summed E-state index contributed by atoms with van der Waals surface area (Å²) in [5.74, 6) is 0. The van der Waals surface area contributed by atoms with Crippen LogP contribution in [-0.2, 0) is 0 Å². The lowest BCUT2D eigenvalue weighted by Gasteiger charge is -2.13. The van der Waals surface area contributed by atoms with E-state index in [0.717, 1.165) is 5.56 Å². The van der Waals surface area contributed by atoms with Gasteiger partial charge in [0, 0.05) is 0 Å². The molecule has 0 spiro atoms. The third kappa shape index (κ3) is 1.49. The van der Waals surface area contributed by atoms with E-state index < -0.39 is 0 Å². The van der Waals surface area contributed by atoms with Crippen LogP contribution in [0.5, 0.6) is 0 Å². The fourth-order valence-electron chi connectivity index (χ4n) is 1.63. The number of nitrogens with one attached hydrogen (secondary N) is 2. The Hall–Kier alpha value is -1.51. The molecule has 1 aromatic carbocycles. The van der Waals surface area contributed by atoms with Crippen LogP contribution in [0.1, 0.15) is 18.5 Å². The van der Waals surface area contributed by atoms with Gasteiger partial charge >= 0.3 is 6.03 Å². The molecular formula is C10H12N2O. The van der Waals surface area contributed by atoms with Crippen LogP contribution in [0.15, 0.2) is 30.3 Å². The van der Waals surface area contributed by atoms with Crippen LogP contribution >= 0.6 is 0 Å². The van der Waals surface area contributed by atoms with E-state index in [1.54, 1.807) is 0 Å². The van der Waals surface area contributed by atoms with Crippen LogP contribution in [0.3, 0.4) is 0 Å². The Balaban J connectivity index is 2.23. The molecule has 1 aromatic rings. The van der Waals surface area contributed by atoms with Crippen molar-refractivity contribution in [3.63, 3.8) is 0 Å². The highest BCUT2D eigenvalue weighted by Crippen LogP contribution is 2.19. The fraction of sp³-hybridized carbons (Fsp3) is 0.300. The van der Waals surface area contributed by atoms with Crippen molar-refractivity contribution in [1.82, 2.24) is 10.6 Å². The standard InChI is InChI=1S/C10H12N2O/c1-7-9(12-10(13)11-7)8-5-3-2-4-6-8/h2-7,9H,1H3,(H2,11,12,13)/t7-,9-/m0/s1. The Morgan fingerprint density at radius 2 is 1.85 bits per heavy atom. The summed E-state index contributed by atoms with van der Waals surface area (Å²) < 4.78 is 0. The monoisotopic (exact) mass is 176 g/mol. The van der Waals surface area contributed by atoms with Gasteiger partial charge in [0.1, 0.15) is 0 Å². The van der Waals surface area contributed by atoms with Gasteiger partial charge in [-0.15, -0.1) is 0 Å². The number of hydrogen-bond acceptors (Lipinski definition) is 1. The van der Waals surface area contributed by atoms with Crippen molar-refractivity contribution in [3.05, 3.63) is 35.9 Å². The number of carbonyl (C=O) groups is 1. The molecule has 1 heterocycles. The predicted molar refractivity (Wildman–Crippen MR) is 50.3 cm³/mol. The van der Waals surface area contributed by atoms with Gasteiger partial charge in [-0.3, -0.25) is 0 Å². The second kappa shape index (κ2) is 3.09. The molecule has 68 valence electrons. The number of carbonyl (C=O) groups excluding carboxylic acids is 1. The minimum absolute atomic E-state index is 0.0821. The van der Waals surface area contributed by atoms with Crippen LogP contribution in [0.25, 0.3) is 0 Å². The third-order valence-electron chi connectivity index (χ3n) is 2.30. The largest absolute Gasteiger partial charge is 0.333 e. The molecule has 2 amide bonds. The molecule has 1 aliphatic rings. The maximum absolute atomic E-state index is 11.0. The maximum Gasteiger partial charge on any atom is 0.315 e. The molecule has 3 heteroatoms. The topological polar surface area (TPSA) is 41.1 Å². The van der Waals surface area contributed by atoms with E-state index in [1.165, 1.54) is 0 Å². The normalized spacial score (nSPS) is 26.7. The van der Waals surface area contributed by atoms with Gasteiger partial charge in [0.25, 0.3) is 0 Å². The zero-order valence-corrected chi connectivity index (χ0v) is 7.45. The van der Waals surface area contributed by atoms with E-state index in [1.807, 2.05) is 37.3 Å².